The summed E-state index contributed by atoms with van der Waals surface area (Å²) < 4.78 is 0. The van der Waals surface area contributed by atoms with Crippen LogP contribution in [0.1, 0.15) is 38.4 Å². The molecular formula is C24H24N2O. The van der Waals surface area contributed by atoms with Crippen LogP contribution in [0.5, 0.6) is 0 Å². The van der Waals surface area contributed by atoms with Crippen LogP contribution in [0.3, 0.4) is 0 Å². The average Bonchev–Trinajstić information content (AvgIpc) is 3.03. The summed E-state index contributed by atoms with van der Waals surface area (Å²) in [6, 6.07) is 10.4. The molecule has 0 N–H and O–H groups in total. The quantitative estimate of drug-likeness (QED) is 0.687. The van der Waals surface area contributed by atoms with Crippen molar-refractivity contribution < 1.29 is 4.79 Å². The molecule has 0 atom stereocenters. The molecule has 1 aromatic carbocycles. The molecule has 0 fully saturated rings. The number of para-hydroxylation sites is 1. The number of carbonyl (C=O) groups is 1. The predicted molar refractivity (Wildman–Crippen MR) is 111 cm³/mol. The number of pyridine rings is 1. The third-order valence-corrected chi connectivity index (χ3v) is 5.77. The average molecular weight is 356 g/mol. The van der Waals surface area contributed by atoms with Crippen molar-refractivity contribution in [1.82, 2.24) is 9.88 Å². The number of hydrogen-bond acceptors (Lipinski definition) is 3. The van der Waals surface area contributed by atoms with Gasteiger partial charge in [-0.3, -0.25) is 4.79 Å². The van der Waals surface area contributed by atoms with Gasteiger partial charge in [0, 0.05) is 16.6 Å². The Morgan fingerprint density at radius 3 is 2.78 bits per heavy atom. The second kappa shape index (κ2) is 6.05. The van der Waals surface area contributed by atoms with Crippen LogP contribution in [-0.4, -0.2) is 15.7 Å². The highest BCUT2D eigenvalue weighted by Crippen LogP contribution is 2.46. The molecule has 0 radical (unpaired) electrons. The summed E-state index contributed by atoms with van der Waals surface area (Å²) in [5.74, 6) is 0.0197. The predicted octanol–water partition coefficient (Wildman–Crippen LogP) is 5.41. The zero-order chi connectivity index (χ0) is 19.3. The van der Waals surface area contributed by atoms with Crippen molar-refractivity contribution in [3.8, 4) is 0 Å². The summed E-state index contributed by atoms with van der Waals surface area (Å²) in [6.07, 6.45) is 4.39. The topological polar surface area (TPSA) is 33.2 Å². The van der Waals surface area contributed by atoms with Gasteiger partial charge in [-0.2, -0.15) is 0 Å². The van der Waals surface area contributed by atoms with Gasteiger partial charge in [-0.1, -0.05) is 38.3 Å². The van der Waals surface area contributed by atoms with Gasteiger partial charge in [0.25, 0.3) is 0 Å². The lowest BCUT2D eigenvalue weighted by molar-refractivity contribution is -0.120. The van der Waals surface area contributed by atoms with Gasteiger partial charge in [0.2, 0.25) is 0 Å². The minimum atomic E-state index is -0.644. The minimum Gasteiger partial charge on any atom is -0.335 e. The van der Waals surface area contributed by atoms with Crippen LogP contribution in [0.15, 0.2) is 72.5 Å². The van der Waals surface area contributed by atoms with Crippen molar-refractivity contribution in [2.75, 3.05) is 0 Å². The molecule has 0 saturated heterocycles. The lowest BCUT2D eigenvalue weighted by atomic mass is 9.75. The molecule has 4 rings (SSSR count). The van der Waals surface area contributed by atoms with E-state index >= 15 is 0 Å². The van der Waals surface area contributed by atoms with E-state index in [1.807, 2.05) is 32.0 Å². The molecule has 0 aliphatic carbocycles. The van der Waals surface area contributed by atoms with Crippen LogP contribution < -0.4 is 0 Å². The van der Waals surface area contributed by atoms with E-state index in [1.165, 1.54) is 11.6 Å². The first-order valence-electron chi connectivity index (χ1n) is 9.36. The number of allylic oxidation sites excluding steroid dienone is 4. The lowest BCUT2D eigenvalue weighted by Crippen LogP contribution is -2.30. The first-order valence-corrected chi connectivity index (χ1v) is 9.36. The Bertz CT molecular complexity index is 1070. The molecule has 0 amide bonds. The zero-order valence-corrected chi connectivity index (χ0v) is 16.2. The van der Waals surface area contributed by atoms with Crippen LogP contribution in [0.4, 0.5) is 0 Å². The Balaban J connectivity index is 1.93. The molecule has 2 aliphatic rings. The number of ketones is 1. The number of aromatic nitrogens is 1. The van der Waals surface area contributed by atoms with Crippen molar-refractivity contribution in [3.05, 3.63) is 83.7 Å². The molecule has 3 nitrogen and oxygen atoms in total. The third kappa shape index (κ3) is 2.49. The SMILES string of the molecule is C=CC(=O)C(C)(C)C1=C(CC)C(=C)N2Cc3cc4ccccc4nc3C2=C1. The molecule has 136 valence electrons. The second-order valence-corrected chi connectivity index (χ2v) is 7.69. The van der Waals surface area contributed by atoms with E-state index in [2.05, 4.69) is 43.2 Å². The third-order valence-electron chi connectivity index (χ3n) is 5.77. The fourth-order valence-corrected chi connectivity index (χ4v) is 4.15. The van der Waals surface area contributed by atoms with Crippen molar-refractivity contribution in [2.24, 2.45) is 5.41 Å². The number of hydrogen-bond donors (Lipinski definition) is 0. The molecule has 2 aromatic rings. The standard InChI is InChI=1S/C24H24N2O/c1-6-18-15(3)26-14-17-12-16-10-8-9-11-20(16)25-23(17)21(26)13-19(18)24(4,5)22(27)7-2/h7-13H,2-3,6,14H2,1,4-5H3. The molecule has 0 unspecified atom stereocenters. The van der Waals surface area contributed by atoms with Gasteiger partial charge >= 0.3 is 0 Å². The van der Waals surface area contributed by atoms with Gasteiger partial charge in [-0.25, -0.2) is 4.98 Å². The summed E-state index contributed by atoms with van der Waals surface area (Å²) in [5, 5.41) is 1.15. The maximum Gasteiger partial charge on any atom is 0.165 e. The van der Waals surface area contributed by atoms with Gasteiger partial charge in [0.1, 0.15) is 0 Å². The van der Waals surface area contributed by atoms with E-state index in [0.717, 1.165) is 52.1 Å². The summed E-state index contributed by atoms with van der Waals surface area (Å²) in [5.41, 5.74) is 6.70. The summed E-state index contributed by atoms with van der Waals surface area (Å²) in [6.45, 7) is 14.9. The lowest BCUT2D eigenvalue weighted by Gasteiger charge is -2.35. The van der Waals surface area contributed by atoms with Gasteiger partial charge in [-0.15, -0.1) is 0 Å². The van der Waals surface area contributed by atoms with Gasteiger partial charge < -0.3 is 4.90 Å². The molecule has 3 heteroatoms. The van der Waals surface area contributed by atoms with Crippen LogP contribution in [0.2, 0.25) is 0 Å². The molecule has 0 spiro atoms. The Hall–Kier alpha value is -2.94. The monoisotopic (exact) mass is 356 g/mol. The maximum absolute atomic E-state index is 12.6. The number of fused-ring (bicyclic) bond motifs is 4. The van der Waals surface area contributed by atoms with E-state index in [9.17, 15) is 4.79 Å². The second-order valence-electron chi connectivity index (χ2n) is 7.69. The van der Waals surface area contributed by atoms with Crippen LogP contribution in [0, 0.1) is 5.41 Å². The molecule has 0 saturated carbocycles. The van der Waals surface area contributed by atoms with Crippen molar-refractivity contribution in [2.45, 2.75) is 33.7 Å². The molecule has 27 heavy (non-hydrogen) atoms. The Kier molecular flexibility index (Phi) is 3.92. The highest BCUT2D eigenvalue weighted by molar-refractivity contribution is 5.98. The normalized spacial score (nSPS) is 16.3. The summed E-state index contributed by atoms with van der Waals surface area (Å²) in [7, 11) is 0. The van der Waals surface area contributed by atoms with Gasteiger partial charge in [-0.05, 0) is 55.7 Å². The zero-order valence-electron chi connectivity index (χ0n) is 16.2. The van der Waals surface area contributed by atoms with Crippen LogP contribution in [-0.2, 0) is 11.3 Å². The van der Waals surface area contributed by atoms with E-state index in [1.54, 1.807) is 0 Å². The Labute approximate surface area is 160 Å². The highest BCUT2D eigenvalue weighted by atomic mass is 16.1. The van der Waals surface area contributed by atoms with Crippen molar-refractivity contribution in [1.29, 1.82) is 0 Å². The molecule has 1 aromatic heterocycles. The Morgan fingerprint density at radius 1 is 1.33 bits per heavy atom. The van der Waals surface area contributed by atoms with Crippen LogP contribution >= 0.6 is 0 Å². The van der Waals surface area contributed by atoms with Crippen molar-refractivity contribution in [3.63, 3.8) is 0 Å². The number of nitrogens with zero attached hydrogens (tertiary/aromatic N) is 2. The first kappa shape index (κ1) is 17.5. The van der Waals surface area contributed by atoms with Gasteiger partial charge in [0.15, 0.2) is 5.78 Å². The van der Waals surface area contributed by atoms with E-state index in [-0.39, 0.29) is 5.78 Å². The largest absolute Gasteiger partial charge is 0.335 e. The maximum atomic E-state index is 12.6. The molecule has 2 aliphatic heterocycles. The first-order chi connectivity index (χ1) is 12.9. The van der Waals surface area contributed by atoms with E-state index in [4.69, 9.17) is 4.98 Å². The van der Waals surface area contributed by atoms with Crippen molar-refractivity contribution >= 4 is 22.4 Å². The number of carbonyl (C=O) groups excluding carboxylic acids is 1. The Morgan fingerprint density at radius 2 is 2.07 bits per heavy atom. The van der Waals surface area contributed by atoms with E-state index < -0.39 is 5.41 Å². The smallest absolute Gasteiger partial charge is 0.165 e. The van der Waals surface area contributed by atoms with E-state index in [0.29, 0.717) is 0 Å². The summed E-state index contributed by atoms with van der Waals surface area (Å²) >= 11 is 0. The molecule has 0 bridgehead atoms. The fourth-order valence-electron chi connectivity index (χ4n) is 4.15. The number of benzene rings is 1. The molecule has 3 heterocycles. The van der Waals surface area contributed by atoms with Gasteiger partial charge in [0.05, 0.1) is 28.9 Å². The minimum absolute atomic E-state index is 0.0197. The van der Waals surface area contributed by atoms with Crippen LogP contribution in [0.25, 0.3) is 16.6 Å². The number of rotatable bonds is 4. The highest BCUT2D eigenvalue weighted by Gasteiger charge is 2.38. The summed E-state index contributed by atoms with van der Waals surface area (Å²) in [4.78, 5) is 19.7. The fraction of sp³-hybridized carbons (Fsp3) is 0.250. The molecular weight excluding hydrogens is 332 g/mol.